The molecule has 1 fully saturated rings. The van der Waals surface area contributed by atoms with Gasteiger partial charge in [0, 0.05) is 12.1 Å². The molecule has 3 rings (SSSR count). The second-order valence-electron chi connectivity index (χ2n) is 7.25. The third-order valence-corrected chi connectivity index (χ3v) is 5.49. The molecule has 1 heterocycles. The Bertz CT molecular complexity index is 575. The minimum absolute atomic E-state index is 0.256. The van der Waals surface area contributed by atoms with Gasteiger partial charge in [-0.3, -0.25) is 4.90 Å². The normalized spacial score (nSPS) is 28.0. The standard InChI is InChI=1S/C22H29NO/c1-3-4-15-22(24)16-20(18-11-7-5-8-12-18)23(2)21(17-22)19-13-9-6-10-14-19/h5-14,20-21,24H,3-4,15-17H2,1-2H3. The lowest BCUT2D eigenvalue weighted by atomic mass is 9.75. The van der Waals surface area contributed by atoms with Gasteiger partial charge in [-0.25, -0.2) is 0 Å². The Morgan fingerprint density at radius 3 is 1.79 bits per heavy atom. The van der Waals surface area contributed by atoms with E-state index in [0.29, 0.717) is 0 Å². The molecule has 1 N–H and O–H groups in total. The van der Waals surface area contributed by atoms with Crippen LogP contribution in [0, 0.1) is 0 Å². The summed E-state index contributed by atoms with van der Waals surface area (Å²) in [7, 11) is 2.20. The van der Waals surface area contributed by atoms with Gasteiger partial charge < -0.3 is 5.11 Å². The van der Waals surface area contributed by atoms with Crippen LogP contribution in [0.5, 0.6) is 0 Å². The molecule has 2 heteroatoms. The van der Waals surface area contributed by atoms with Crippen LogP contribution >= 0.6 is 0 Å². The monoisotopic (exact) mass is 323 g/mol. The Kier molecular flexibility index (Phi) is 5.37. The maximum Gasteiger partial charge on any atom is 0.0684 e. The number of unbranched alkanes of at least 4 members (excludes halogenated alkanes) is 1. The zero-order chi connectivity index (χ0) is 17.0. The molecule has 2 nitrogen and oxygen atoms in total. The predicted molar refractivity (Wildman–Crippen MR) is 99.8 cm³/mol. The average molecular weight is 323 g/mol. The van der Waals surface area contributed by atoms with Crippen LogP contribution in [0.15, 0.2) is 60.7 Å². The number of rotatable bonds is 5. The van der Waals surface area contributed by atoms with Crippen molar-refractivity contribution in [1.82, 2.24) is 4.90 Å². The van der Waals surface area contributed by atoms with Gasteiger partial charge in [-0.15, -0.1) is 0 Å². The quantitative estimate of drug-likeness (QED) is 0.826. The number of likely N-dealkylation sites (tertiary alicyclic amines) is 1. The highest BCUT2D eigenvalue weighted by molar-refractivity contribution is 5.25. The first kappa shape index (κ1) is 17.2. The highest BCUT2D eigenvalue weighted by Gasteiger charge is 2.42. The van der Waals surface area contributed by atoms with Crippen molar-refractivity contribution in [2.24, 2.45) is 0 Å². The van der Waals surface area contributed by atoms with Crippen LogP contribution in [0.2, 0.25) is 0 Å². The van der Waals surface area contributed by atoms with E-state index in [-0.39, 0.29) is 12.1 Å². The summed E-state index contributed by atoms with van der Waals surface area (Å²) < 4.78 is 0. The van der Waals surface area contributed by atoms with E-state index in [9.17, 15) is 5.11 Å². The SMILES string of the molecule is CCCCC1(O)CC(c2ccccc2)N(C)C(c2ccccc2)C1. The van der Waals surface area contributed by atoms with E-state index < -0.39 is 5.60 Å². The Balaban J connectivity index is 1.94. The highest BCUT2D eigenvalue weighted by Crippen LogP contribution is 2.46. The van der Waals surface area contributed by atoms with Crippen LogP contribution in [-0.2, 0) is 0 Å². The van der Waals surface area contributed by atoms with E-state index in [2.05, 4.69) is 79.5 Å². The number of hydrogen-bond donors (Lipinski definition) is 1. The first-order chi connectivity index (χ1) is 11.6. The molecule has 128 valence electrons. The molecule has 2 aromatic rings. The van der Waals surface area contributed by atoms with Gasteiger partial charge in [-0.2, -0.15) is 0 Å². The summed E-state index contributed by atoms with van der Waals surface area (Å²) >= 11 is 0. The first-order valence-corrected chi connectivity index (χ1v) is 9.17. The van der Waals surface area contributed by atoms with Crippen molar-refractivity contribution < 1.29 is 5.11 Å². The Morgan fingerprint density at radius 2 is 1.38 bits per heavy atom. The number of nitrogens with zero attached hydrogens (tertiary/aromatic N) is 1. The van der Waals surface area contributed by atoms with Crippen molar-refractivity contribution in [1.29, 1.82) is 0 Å². The summed E-state index contributed by atoms with van der Waals surface area (Å²) in [5.41, 5.74) is 2.02. The maximum atomic E-state index is 11.4. The van der Waals surface area contributed by atoms with Crippen molar-refractivity contribution in [2.45, 2.75) is 56.7 Å². The first-order valence-electron chi connectivity index (χ1n) is 9.17. The Hall–Kier alpha value is -1.64. The fourth-order valence-electron chi connectivity index (χ4n) is 4.07. The molecular weight excluding hydrogens is 294 g/mol. The minimum Gasteiger partial charge on any atom is -0.390 e. The third kappa shape index (κ3) is 3.71. The largest absolute Gasteiger partial charge is 0.390 e. The van der Waals surface area contributed by atoms with Gasteiger partial charge in [-0.1, -0.05) is 80.4 Å². The van der Waals surface area contributed by atoms with E-state index >= 15 is 0 Å². The molecule has 1 saturated heterocycles. The molecule has 0 aromatic heterocycles. The summed E-state index contributed by atoms with van der Waals surface area (Å²) in [6.07, 6.45) is 4.74. The van der Waals surface area contributed by atoms with Crippen LogP contribution in [0.4, 0.5) is 0 Å². The second kappa shape index (κ2) is 7.50. The number of benzene rings is 2. The fraction of sp³-hybridized carbons (Fsp3) is 0.455. The summed E-state index contributed by atoms with van der Waals surface area (Å²) in [6.45, 7) is 2.20. The smallest absolute Gasteiger partial charge is 0.0684 e. The van der Waals surface area contributed by atoms with Crippen molar-refractivity contribution in [2.75, 3.05) is 7.05 Å². The lowest BCUT2D eigenvalue weighted by molar-refractivity contribution is -0.0747. The molecule has 0 bridgehead atoms. The molecule has 0 spiro atoms. The number of piperidine rings is 1. The molecule has 24 heavy (non-hydrogen) atoms. The fourth-order valence-corrected chi connectivity index (χ4v) is 4.07. The molecule has 0 aliphatic carbocycles. The van der Waals surface area contributed by atoms with E-state index in [0.717, 1.165) is 32.1 Å². The van der Waals surface area contributed by atoms with E-state index in [1.165, 1.54) is 11.1 Å². The molecule has 1 aliphatic heterocycles. The number of aliphatic hydroxyl groups is 1. The molecular formula is C22H29NO. The number of hydrogen-bond acceptors (Lipinski definition) is 2. The Labute approximate surface area is 146 Å². The molecule has 2 aromatic carbocycles. The molecule has 0 saturated carbocycles. The van der Waals surface area contributed by atoms with Crippen molar-refractivity contribution in [3.63, 3.8) is 0 Å². The highest BCUT2D eigenvalue weighted by atomic mass is 16.3. The van der Waals surface area contributed by atoms with E-state index in [1.807, 2.05) is 0 Å². The zero-order valence-corrected chi connectivity index (χ0v) is 14.9. The van der Waals surface area contributed by atoms with Gasteiger partial charge >= 0.3 is 0 Å². The minimum atomic E-state index is -0.580. The zero-order valence-electron chi connectivity index (χ0n) is 14.9. The third-order valence-electron chi connectivity index (χ3n) is 5.49. The van der Waals surface area contributed by atoms with Crippen LogP contribution in [0.3, 0.4) is 0 Å². The van der Waals surface area contributed by atoms with Gasteiger partial charge in [-0.05, 0) is 37.4 Å². The van der Waals surface area contributed by atoms with Gasteiger partial charge in [0.2, 0.25) is 0 Å². The predicted octanol–water partition coefficient (Wildman–Crippen LogP) is 5.12. The molecule has 2 unspecified atom stereocenters. The van der Waals surface area contributed by atoms with Crippen LogP contribution in [0.25, 0.3) is 0 Å². The van der Waals surface area contributed by atoms with Crippen molar-refractivity contribution >= 4 is 0 Å². The van der Waals surface area contributed by atoms with Crippen LogP contribution in [0.1, 0.15) is 62.2 Å². The topological polar surface area (TPSA) is 23.5 Å². The molecule has 0 amide bonds. The maximum absolute atomic E-state index is 11.4. The van der Waals surface area contributed by atoms with Gasteiger partial charge in [0.15, 0.2) is 0 Å². The van der Waals surface area contributed by atoms with Crippen molar-refractivity contribution in [3.8, 4) is 0 Å². The molecule has 2 atom stereocenters. The lowest BCUT2D eigenvalue weighted by Crippen LogP contribution is -2.46. The van der Waals surface area contributed by atoms with E-state index in [4.69, 9.17) is 0 Å². The van der Waals surface area contributed by atoms with Crippen LogP contribution < -0.4 is 0 Å². The summed E-state index contributed by atoms with van der Waals surface area (Å²) in [5, 5.41) is 11.4. The average Bonchev–Trinajstić information content (AvgIpc) is 2.63. The van der Waals surface area contributed by atoms with E-state index in [1.54, 1.807) is 0 Å². The van der Waals surface area contributed by atoms with Gasteiger partial charge in [0.25, 0.3) is 0 Å². The Morgan fingerprint density at radius 1 is 0.917 bits per heavy atom. The van der Waals surface area contributed by atoms with Gasteiger partial charge in [0.05, 0.1) is 5.60 Å². The van der Waals surface area contributed by atoms with Crippen LogP contribution in [-0.4, -0.2) is 22.7 Å². The second-order valence-corrected chi connectivity index (χ2v) is 7.25. The molecule has 1 aliphatic rings. The van der Waals surface area contributed by atoms with Gasteiger partial charge in [0.1, 0.15) is 0 Å². The molecule has 0 radical (unpaired) electrons. The summed E-state index contributed by atoms with van der Waals surface area (Å²) in [6, 6.07) is 21.8. The van der Waals surface area contributed by atoms with Crippen molar-refractivity contribution in [3.05, 3.63) is 71.8 Å². The lowest BCUT2D eigenvalue weighted by Gasteiger charge is -2.48. The summed E-state index contributed by atoms with van der Waals surface area (Å²) in [4.78, 5) is 2.45. The summed E-state index contributed by atoms with van der Waals surface area (Å²) in [5.74, 6) is 0.